The molecule has 0 saturated heterocycles. The fraction of sp³-hybridized carbons (Fsp3) is 0.0909. The van der Waals surface area contributed by atoms with Crippen molar-refractivity contribution in [2.24, 2.45) is 0 Å². The smallest absolute Gasteiger partial charge is 0.134 e. The molecule has 0 spiro atoms. The van der Waals surface area contributed by atoms with Crippen LogP contribution in [-0.2, 0) is 6.54 Å². The predicted octanol–water partition coefficient (Wildman–Crippen LogP) is 0.214. The molecule has 1 aromatic rings. The van der Waals surface area contributed by atoms with Crippen LogP contribution in [0.25, 0.3) is 12.3 Å². The molecule has 13 heavy (non-hydrogen) atoms. The van der Waals surface area contributed by atoms with Crippen LogP contribution in [-0.4, -0.2) is 0 Å². The van der Waals surface area contributed by atoms with E-state index in [1.165, 1.54) is 16.0 Å². The quantitative estimate of drug-likeness (QED) is 0.602. The Hall–Kier alpha value is -1.70. The van der Waals surface area contributed by atoms with Crippen LogP contribution in [0.5, 0.6) is 5.75 Å². The van der Waals surface area contributed by atoms with E-state index in [1.807, 2.05) is 12.3 Å². The Bertz CT molecular complexity index is 500. The average Bonchev–Trinajstić information content (AvgIpc) is 2.61. The van der Waals surface area contributed by atoms with Gasteiger partial charge in [0.25, 0.3) is 0 Å². The SMILES string of the molecule is C1=COc2cc3c(cc2=C1)CNC=3. The van der Waals surface area contributed by atoms with Crippen molar-refractivity contribution >= 4 is 12.3 Å². The van der Waals surface area contributed by atoms with Crippen LogP contribution in [0.4, 0.5) is 0 Å². The van der Waals surface area contributed by atoms with E-state index in [2.05, 4.69) is 23.5 Å². The van der Waals surface area contributed by atoms with E-state index in [9.17, 15) is 0 Å². The van der Waals surface area contributed by atoms with Crippen LogP contribution in [0.15, 0.2) is 24.5 Å². The fourth-order valence-corrected chi connectivity index (χ4v) is 1.71. The van der Waals surface area contributed by atoms with Gasteiger partial charge in [-0.25, -0.2) is 0 Å². The first-order valence-electron chi connectivity index (χ1n) is 4.33. The lowest BCUT2D eigenvalue weighted by Crippen LogP contribution is -2.15. The number of allylic oxidation sites excluding steroid dienone is 1. The number of fused-ring (bicyclic) bond motifs is 2. The van der Waals surface area contributed by atoms with E-state index < -0.39 is 0 Å². The monoisotopic (exact) mass is 171 g/mol. The molecule has 1 N–H and O–H groups in total. The summed E-state index contributed by atoms with van der Waals surface area (Å²) in [6, 6.07) is 4.25. The summed E-state index contributed by atoms with van der Waals surface area (Å²) < 4.78 is 5.39. The molecule has 1 aromatic carbocycles. The van der Waals surface area contributed by atoms with Gasteiger partial charge in [0.15, 0.2) is 0 Å². The predicted molar refractivity (Wildman–Crippen MR) is 51.2 cm³/mol. The molecule has 0 bridgehead atoms. The van der Waals surface area contributed by atoms with Gasteiger partial charge in [0.1, 0.15) is 5.75 Å². The van der Waals surface area contributed by atoms with Gasteiger partial charge in [0.2, 0.25) is 0 Å². The molecule has 0 fully saturated rings. The summed E-state index contributed by atoms with van der Waals surface area (Å²) in [6.07, 6.45) is 7.71. The van der Waals surface area contributed by atoms with Crippen LogP contribution >= 0.6 is 0 Å². The summed E-state index contributed by atoms with van der Waals surface area (Å²) in [5, 5.41) is 5.60. The zero-order chi connectivity index (χ0) is 8.67. The summed E-state index contributed by atoms with van der Waals surface area (Å²) in [4.78, 5) is 0. The van der Waals surface area contributed by atoms with Gasteiger partial charge in [-0.1, -0.05) is 0 Å². The van der Waals surface area contributed by atoms with Crippen molar-refractivity contribution in [3.05, 3.63) is 40.5 Å². The van der Waals surface area contributed by atoms with Crippen LogP contribution in [0.1, 0.15) is 5.56 Å². The van der Waals surface area contributed by atoms with E-state index in [0.717, 1.165) is 12.3 Å². The minimum absolute atomic E-state index is 0.931. The normalized spacial score (nSPS) is 16.0. The molecular formula is C11H9NO. The number of nitrogens with one attached hydrogen (secondary N) is 1. The number of ether oxygens (including phenoxy) is 1. The molecule has 0 radical (unpaired) electrons. The van der Waals surface area contributed by atoms with Crippen LogP contribution in [0.2, 0.25) is 0 Å². The number of hydrogen-bond acceptors (Lipinski definition) is 2. The van der Waals surface area contributed by atoms with Crippen molar-refractivity contribution in [3.63, 3.8) is 0 Å². The van der Waals surface area contributed by atoms with E-state index in [1.54, 1.807) is 6.26 Å². The maximum Gasteiger partial charge on any atom is 0.134 e. The molecule has 0 saturated carbocycles. The molecule has 2 heteroatoms. The van der Waals surface area contributed by atoms with Crippen molar-refractivity contribution in [1.82, 2.24) is 5.32 Å². The minimum atomic E-state index is 0.931. The van der Waals surface area contributed by atoms with Crippen molar-refractivity contribution in [2.45, 2.75) is 6.54 Å². The lowest BCUT2D eigenvalue weighted by Gasteiger charge is -2.05. The lowest BCUT2D eigenvalue weighted by atomic mass is 10.1. The highest BCUT2D eigenvalue weighted by Gasteiger charge is 2.06. The summed E-state index contributed by atoms with van der Waals surface area (Å²) in [7, 11) is 0. The molecule has 2 aliphatic heterocycles. The molecule has 0 atom stereocenters. The van der Waals surface area contributed by atoms with Gasteiger partial charge in [-0.3, -0.25) is 0 Å². The van der Waals surface area contributed by atoms with Crippen molar-refractivity contribution < 1.29 is 4.74 Å². The molecular weight excluding hydrogens is 162 g/mol. The minimum Gasteiger partial charge on any atom is -0.464 e. The number of benzene rings is 1. The second-order valence-electron chi connectivity index (χ2n) is 3.23. The van der Waals surface area contributed by atoms with Crippen molar-refractivity contribution in [1.29, 1.82) is 0 Å². The average molecular weight is 171 g/mol. The Balaban J connectivity index is 2.37. The Labute approximate surface area is 75.8 Å². The van der Waals surface area contributed by atoms with E-state index in [0.29, 0.717) is 0 Å². The molecule has 2 heterocycles. The molecule has 2 nitrogen and oxygen atoms in total. The van der Waals surface area contributed by atoms with Crippen molar-refractivity contribution in [3.8, 4) is 5.75 Å². The Morgan fingerprint density at radius 3 is 3.23 bits per heavy atom. The Morgan fingerprint density at radius 1 is 1.23 bits per heavy atom. The first-order valence-corrected chi connectivity index (χ1v) is 4.33. The van der Waals surface area contributed by atoms with Gasteiger partial charge in [0.05, 0.1) is 6.26 Å². The fourth-order valence-electron chi connectivity index (χ4n) is 1.71. The number of hydrogen-bond donors (Lipinski definition) is 1. The molecule has 0 aliphatic carbocycles. The maximum absolute atomic E-state index is 5.39. The highest BCUT2D eigenvalue weighted by molar-refractivity contribution is 5.49. The summed E-state index contributed by atoms with van der Waals surface area (Å²) in [5.74, 6) is 0.946. The van der Waals surface area contributed by atoms with Gasteiger partial charge < -0.3 is 10.1 Å². The van der Waals surface area contributed by atoms with Crippen LogP contribution in [0, 0.1) is 0 Å². The van der Waals surface area contributed by atoms with E-state index in [-0.39, 0.29) is 0 Å². The third-order valence-corrected chi connectivity index (χ3v) is 2.37. The topological polar surface area (TPSA) is 21.3 Å². The summed E-state index contributed by atoms with van der Waals surface area (Å²) in [5.41, 5.74) is 1.34. The summed E-state index contributed by atoms with van der Waals surface area (Å²) >= 11 is 0. The maximum atomic E-state index is 5.39. The Kier molecular flexibility index (Phi) is 1.25. The van der Waals surface area contributed by atoms with Gasteiger partial charge >= 0.3 is 0 Å². The van der Waals surface area contributed by atoms with Gasteiger partial charge in [0, 0.05) is 18.0 Å². The van der Waals surface area contributed by atoms with Crippen LogP contribution < -0.4 is 20.5 Å². The van der Waals surface area contributed by atoms with E-state index in [4.69, 9.17) is 4.74 Å². The van der Waals surface area contributed by atoms with Crippen LogP contribution in [0.3, 0.4) is 0 Å². The standard InChI is InChI=1S/C11H9NO/c1-2-8-4-9-6-12-7-10(9)5-11(8)13-3-1/h1-5,7,12H,6H2. The van der Waals surface area contributed by atoms with Crippen molar-refractivity contribution in [2.75, 3.05) is 0 Å². The molecule has 2 aliphatic rings. The van der Waals surface area contributed by atoms with Gasteiger partial charge in [-0.2, -0.15) is 0 Å². The molecule has 3 rings (SSSR count). The second kappa shape index (κ2) is 2.39. The third-order valence-electron chi connectivity index (χ3n) is 2.37. The van der Waals surface area contributed by atoms with Gasteiger partial charge in [-0.05, 0) is 35.1 Å². The zero-order valence-corrected chi connectivity index (χ0v) is 7.08. The highest BCUT2D eigenvalue weighted by Crippen LogP contribution is 2.07. The second-order valence-corrected chi connectivity index (χ2v) is 3.23. The first-order chi connectivity index (χ1) is 6.43. The first kappa shape index (κ1) is 6.78. The molecule has 64 valence electrons. The highest BCUT2D eigenvalue weighted by atomic mass is 16.5. The molecule has 0 unspecified atom stereocenters. The van der Waals surface area contributed by atoms with Gasteiger partial charge in [-0.15, -0.1) is 0 Å². The zero-order valence-electron chi connectivity index (χ0n) is 7.08. The Morgan fingerprint density at radius 2 is 2.23 bits per heavy atom. The lowest BCUT2D eigenvalue weighted by molar-refractivity contribution is 0.474. The van der Waals surface area contributed by atoms with E-state index >= 15 is 0 Å². The molecule has 0 aromatic heterocycles. The number of rotatable bonds is 0. The molecule has 0 amide bonds. The largest absolute Gasteiger partial charge is 0.464 e. The summed E-state index contributed by atoms with van der Waals surface area (Å²) in [6.45, 7) is 0.931. The third kappa shape index (κ3) is 0.952.